The minimum absolute atomic E-state index is 0.0602. The van der Waals surface area contributed by atoms with E-state index in [2.05, 4.69) is 50.0 Å². The molecule has 1 aliphatic heterocycles. The Morgan fingerprint density at radius 1 is 1.14 bits per heavy atom. The zero-order chi connectivity index (χ0) is 15.1. The minimum atomic E-state index is -0.0602. The van der Waals surface area contributed by atoms with E-state index in [1.54, 1.807) is 0 Å². The molecular formula is C17H28N2OS. The SMILES string of the molecule is CC1(C)CN(Cc2ccc(CNC3CC3)s2)CC(C)(C)O1. The highest BCUT2D eigenvalue weighted by molar-refractivity contribution is 7.11. The lowest BCUT2D eigenvalue weighted by molar-refractivity contribution is -0.182. The molecule has 2 aliphatic rings. The van der Waals surface area contributed by atoms with E-state index in [-0.39, 0.29) is 11.2 Å². The van der Waals surface area contributed by atoms with Crippen LogP contribution in [0.25, 0.3) is 0 Å². The molecule has 2 heterocycles. The Labute approximate surface area is 132 Å². The molecule has 1 aliphatic carbocycles. The van der Waals surface area contributed by atoms with Crippen LogP contribution >= 0.6 is 11.3 Å². The lowest BCUT2D eigenvalue weighted by Gasteiger charge is -2.47. The molecule has 1 aromatic heterocycles. The molecule has 3 rings (SSSR count). The maximum atomic E-state index is 6.16. The Balaban J connectivity index is 1.57. The van der Waals surface area contributed by atoms with Crippen molar-refractivity contribution in [2.24, 2.45) is 0 Å². The smallest absolute Gasteiger partial charge is 0.0760 e. The molecule has 1 saturated heterocycles. The number of hydrogen-bond donors (Lipinski definition) is 1. The second-order valence-electron chi connectivity index (χ2n) is 7.79. The fourth-order valence-electron chi connectivity index (χ4n) is 3.41. The molecule has 0 spiro atoms. The first-order chi connectivity index (χ1) is 9.81. The van der Waals surface area contributed by atoms with Crippen LogP contribution in [0, 0.1) is 0 Å². The van der Waals surface area contributed by atoms with Crippen LogP contribution in [0.4, 0.5) is 0 Å². The van der Waals surface area contributed by atoms with Crippen molar-refractivity contribution in [3.63, 3.8) is 0 Å². The monoisotopic (exact) mass is 308 g/mol. The number of hydrogen-bond acceptors (Lipinski definition) is 4. The first-order valence-electron chi connectivity index (χ1n) is 8.05. The lowest BCUT2D eigenvalue weighted by atomic mass is 9.99. The Bertz CT molecular complexity index is 475. The standard InChI is InChI=1S/C17H28N2OS/c1-16(2)11-19(12-17(3,4)20-16)10-15-8-7-14(21-15)9-18-13-5-6-13/h7-8,13,18H,5-6,9-12H2,1-4H3. The van der Waals surface area contributed by atoms with Gasteiger partial charge in [0, 0.05) is 42.0 Å². The zero-order valence-corrected chi connectivity index (χ0v) is 14.6. The van der Waals surface area contributed by atoms with Gasteiger partial charge < -0.3 is 10.1 Å². The number of nitrogens with zero attached hydrogens (tertiary/aromatic N) is 1. The second-order valence-corrected chi connectivity index (χ2v) is 9.04. The van der Waals surface area contributed by atoms with E-state index in [0.717, 1.165) is 32.2 Å². The van der Waals surface area contributed by atoms with Crippen LogP contribution in [0.2, 0.25) is 0 Å². The first-order valence-corrected chi connectivity index (χ1v) is 8.87. The van der Waals surface area contributed by atoms with Crippen molar-refractivity contribution in [1.29, 1.82) is 0 Å². The molecule has 0 atom stereocenters. The van der Waals surface area contributed by atoms with E-state index in [0.29, 0.717) is 0 Å². The Kier molecular flexibility index (Phi) is 4.17. The van der Waals surface area contributed by atoms with Gasteiger partial charge in [0.15, 0.2) is 0 Å². The van der Waals surface area contributed by atoms with Crippen LogP contribution in [-0.2, 0) is 17.8 Å². The molecule has 2 fully saturated rings. The summed E-state index contributed by atoms with van der Waals surface area (Å²) >= 11 is 1.95. The summed E-state index contributed by atoms with van der Waals surface area (Å²) in [6.07, 6.45) is 2.71. The highest BCUT2D eigenvalue weighted by Gasteiger charge is 2.38. The van der Waals surface area contributed by atoms with Crippen LogP contribution in [0.5, 0.6) is 0 Å². The molecular weight excluding hydrogens is 280 g/mol. The summed E-state index contributed by atoms with van der Waals surface area (Å²) in [5, 5.41) is 3.59. The highest BCUT2D eigenvalue weighted by Crippen LogP contribution is 2.30. The number of thiophene rings is 1. The van der Waals surface area contributed by atoms with Crippen LogP contribution in [0.15, 0.2) is 12.1 Å². The van der Waals surface area contributed by atoms with Crippen molar-refractivity contribution < 1.29 is 4.74 Å². The molecule has 118 valence electrons. The third kappa shape index (κ3) is 4.52. The molecule has 0 radical (unpaired) electrons. The minimum Gasteiger partial charge on any atom is -0.367 e. The van der Waals surface area contributed by atoms with Gasteiger partial charge in [-0.25, -0.2) is 0 Å². The predicted octanol–water partition coefficient (Wildman–Crippen LogP) is 3.39. The second kappa shape index (κ2) is 5.65. The van der Waals surface area contributed by atoms with Gasteiger partial charge in [-0.2, -0.15) is 0 Å². The van der Waals surface area contributed by atoms with Gasteiger partial charge in [-0.15, -0.1) is 11.3 Å². The van der Waals surface area contributed by atoms with E-state index >= 15 is 0 Å². The molecule has 1 aromatic rings. The van der Waals surface area contributed by atoms with Crippen molar-refractivity contribution in [3.8, 4) is 0 Å². The average Bonchev–Trinajstić information content (AvgIpc) is 3.04. The van der Waals surface area contributed by atoms with Gasteiger partial charge in [0.1, 0.15) is 0 Å². The van der Waals surface area contributed by atoms with Crippen molar-refractivity contribution in [2.75, 3.05) is 13.1 Å². The van der Waals surface area contributed by atoms with Gasteiger partial charge in [-0.1, -0.05) is 0 Å². The summed E-state index contributed by atoms with van der Waals surface area (Å²) in [5.74, 6) is 0. The predicted molar refractivity (Wildman–Crippen MR) is 88.7 cm³/mol. The molecule has 1 saturated carbocycles. The van der Waals surface area contributed by atoms with Gasteiger partial charge in [-0.3, -0.25) is 4.90 Å². The highest BCUT2D eigenvalue weighted by atomic mass is 32.1. The number of morpholine rings is 1. The molecule has 1 N–H and O–H groups in total. The van der Waals surface area contributed by atoms with Crippen LogP contribution in [0.1, 0.15) is 50.3 Å². The molecule has 3 nitrogen and oxygen atoms in total. The van der Waals surface area contributed by atoms with E-state index in [1.165, 1.54) is 22.6 Å². The lowest BCUT2D eigenvalue weighted by Crippen LogP contribution is -2.56. The maximum Gasteiger partial charge on any atom is 0.0760 e. The Morgan fingerprint density at radius 2 is 1.76 bits per heavy atom. The normalized spacial score (nSPS) is 25.1. The maximum absolute atomic E-state index is 6.16. The van der Waals surface area contributed by atoms with Gasteiger partial charge in [-0.05, 0) is 52.7 Å². The van der Waals surface area contributed by atoms with Crippen molar-refractivity contribution >= 4 is 11.3 Å². The summed E-state index contributed by atoms with van der Waals surface area (Å²) in [7, 11) is 0. The number of nitrogens with one attached hydrogen (secondary N) is 1. The molecule has 0 amide bonds. The van der Waals surface area contributed by atoms with E-state index in [1.807, 2.05) is 11.3 Å². The topological polar surface area (TPSA) is 24.5 Å². The summed E-state index contributed by atoms with van der Waals surface area (Å²) in [5.41, 5.74) is -0.120. The third-order valence-electron chi connectivity index (χ3n) is 4.00. The molecule has 21 heavy (non-hydrogen) atoms. The molecule has 0 bridgehead atoms. The van der Waals surface area contributed by atoms with Crippen molar-refractivity contribution in [1.82, 2.24) is 10.2 Å². The summed E-state index contributed by atoms with van der Waals surface area (Å²) in [6.45, 7) is 12.9. The largest absolute Gasteiger partial charge is 0.367 e. The summed E-state index contributed by atoms with van der Waals surface area (Å²) in [6, 6.07) is 5.37. The van der Waals surface area contributed by atoms with E-state index < -0.39 is 0 Å². The van der Waals surface area contributed by atoms with Gasteiger partial charge in [0.25, 0.3) is 0 Å². The zero-order valence-electron chi connectivity index (χ0n) is 13.7. The van der Waals surface area contributed by atoms with Gasteiger partial charge in [0.2, 0.25) is 0 Å². The summed E-state index contributed by atoms with van der Waals surface area (Å²) < 4.78 is 6.16. The Hall–Kier alpha value is -0.420. The average molecular weight is 308 g/mol. The quantitative estimate of drug-likeness (QED) is 0.902. The van der Waals surface area contributed by atoms with E-state index in [4.69, 9.17) is 4.74 Å². The van der Waals surface area contributed by atoms with Gasteiger partial charge in [0.05, 0.1) is 11.2 Å². The fraction of sp³-hybridized carbons (Fsp3) is 0.765. The summed E-state index contributed by atoms with van der Waals surface area (Å²) in [4.78, 5) is 5.47. The van der Waals surface area contributed by atoms with Crippen LogP contribution in [0.3, 0.4) is 0 Å². The number of rotatable bonds is 5. The van der Waals surface area contributed by atoms with Crippen LogP contribution < -0.4 is 5.32 Å². The number of ether oxygens (including phenoxy) is 1. The van der Waals surface area contributed by atoms with Crippen molar-refractivity contribution in [2.45, 2.75) is 70.9 Å². The molecule has 0 unspecified atom stereocenters. The molecule has 0 aromatic carbocycles. The van der Waals surface area contributed by atoms with Gasteiger partial charge >= 0.3 is 0 Å². The molecule has 4 heteroatoms. The van der Waals surface area contributed by atoms with Crippen molar-refractivity contribution in [3.05, 3.63) is 21.9 Å². The fourth-order valence-corrected chi connectivity index (χ4v) is 4.42. The third-order valence-corrected chi connectivity index (χ3v) is 5.07. The van der Waals surface area contributed by atoms with Crippen LogP contribution in [-0.4, -0.2) is 35.2 Å². The Morgan fingerprint density at radius 3 is 2.38 bits per heavy atom. The first kappa shape index (κ1) is 15.5. The van der Waals surface area contributed by atoms with E-state index in [9.17, 15) is 0 Å².